The third kappa shape index (κ3) is 3.16. The number of anilines is 2. The van der Waals surface area contributed by atoms with Gasteiger partial charge in [0.15, 0.2) is 5.82 Å². The Bertz CT molecular complexity index is 673. The second-order valence-electron chi connectivity index (χ2n) is 5.26. The number of aryl methyl sites for hydroxylation is 1. The van der Waals surface area contributed by atoms with Crippen LogP contribution in [-0.2, 0) is 7.05 Å². The van der Waals surface area contributed by atoms with Gasteiger partial charge in [0.05, 0.1) is 11.9 Å². The fourth-order valence-corrected chi connectivity index (χ4v) is 2.55. The third-order valence-corrected chi connectivity index (χ3v) is 3.56. The lowest BCUT2D eigenvalue weighted by Gasteiger charge is -2.19. The van der Waals surface area contributed by atoms with Crippen molar-refractivity contribution in [1.29, 1.82) is 0 Å². The zero-order valence-electron chi connectivity index (χ0n) is 12.2. The molecule has 1 aliphatic heterocycles. The molecule has 2 heterocycles. The number of para-hydroxylation sites is 1. The Morgan fingerprint density at radius 2 is 2.23 bits per heavy atom. The second kappa shape index (κ2) is 6.00. The number of hydrogen-bond acceptors (Lipinski definition) is 4. The second-order valence-corrected chi connectivity index (χ2v) is 5.26. The molecule has 116 valence electrons. The molecule has 0 bridgehead atoms. The lowest BCUT2D eigenvalue weighted by molar-refractivity contribution is 0.249. The van der Waals surface area contributed by atoms with Gasteiger partial charge in [-0.3, -0.25) is 10.00 Å². The average Bonchev–Trinajstić information content (AvgIpc) is 3.09. The number of nitrogens with zero attached hydrogens (tertiary/aromatic N) is 4. The van der Waals surface area contributed by atoms with Crippen molar-refractivity contribution < 1.29 is 9.18 Å². The Kier molecular flexibility index (Phi) is 3.90. The van der Waals surface area contributed by atoms with E-state index in [1.54, 1.807) is 31.4 Å². The molecule has 1 atom stereocenters. The Balaban J connectivity index is 1.55. The molecule has 1 unspecified atom stereocenters. The molecule has 3 rings (SSSR count). The van der Waals surface area contributed by atoms with Gasteiger partial charge in [-0.2, -0.15) is 0 Å². The minimum absolute atomic E-state index is 0.0312. The van der Waals surface area contributed by atoms with Crippen LogP contribution in [0.3, 0.4) is 0 Å². The number of amides is 2. The predicted molar refractivity (Wildman–Crippen MR) is 80.2 cm³/mol. The SMILES string of the molecule is Cn1cc(NC(=O)NC2CCN(c3ccccc3F)C2)nn1. The van der Waals surface area contributed by atoms with Crippen LogP contribution in [0.2, 0.25) is 0 Å². The first-order chi connectivity index (χ1) is 10.6. The summed E-state index contributed by atoms with van der Waals surface area (Å²) in [6, 6.07) is 6.30. The molecular formula is C14H17FN6O. The van der Waals surface area contributed by atoms with Crippen molar-refractivity contribution in [2.75, 3.05) is 23.3 Å². The van der Waals surface area contributed by atoms with Crippen LogP contribution in [-0.4, -0.2) is 40.2 Å². The van der Waals surface area contributed by atoms with Crippen LogP contribution < -0.4 is 15.5 Å². The smallest absolute Gasteiger partial charge is 0.320 e. The normalized spacial score (nSPS) is 17.5. The molecule has 0 radical (unpaired) electrons. The molecule has 8 heteroatoms. The Labute approximate surface area is 127 Å². The number of urea groups is 1. The summed E-state index contributed by atoms with van der Waals surface area (Å²) >= 11 is 0. The standard InChI is InChI=1S/C14H17FN6O/c1-20-9-13(18-19-20)17-14(22)16-10-6-7-21(8-10)12-5-3-2-4-11(12)15/h2-5,9-10H,6-8H2,1H3,(H2,16,17,22). The third-order valence-electron chi connectivity index (χ3n) is 3.56. The number of rotatable bonds is 3. The fourth-order valence-electron chi connectivity index (χ4n) is 2.55. The maximum Gasteiger partial charge on any atom is 0.320 e. The summed E-state index contributed by atoms with van der Waals surface area (Å²) in [6.07, 6.45) is 2.38. The molecule has 2 aromatic rings. The lowest BCUT2D eigenvalue weighted by Crippen LogP contribution is -2.39. The number of hydrogen-bond donors (Lipinski definition) is 2. The minimum atomic E-state index is -0.333. The van der Waals surface area contributed by atoms with Crippen LogP contribution in [0.4, 0.5) is 20.7 Å². The fraction of sp³-hybridized carbons (Fsp3) is 0.357. The number of halogens is 1. The molecule has 7 nitrogen and oxygen atoms in total. The molecule has 1 aromatic carbocycles. The Hall–Kier alpha value is -2.64. The van der Waals surface area contributed by atoms with Crippen LogP contribution >= 0.6 is 0 Å². The summed E-state index contributed by atoms with van der Waals surface area (Å²) in [4.78, 5) is 13.8. The largest absolute Gasteiger partial charge is 0.367 e. The lowest BCUT2D eigenvalue weighted by atomic mass is 10.2. The molecular weight excluding hydrogens is 287 g/mol. The van der Waals surface area contributed by atoms with Crippen LogP contribution in [0.15, 0.2) is 30.5 Å². The van der Waals surface area contributed by atoms with E-state index in [4.69, 9.17) is 0 Å². The van der Waals surface area contributed by atoms with Gasteiger partial charge >= 0.3 is 6.03 Å². The first-order valence-electron chi connectivity index (χ1n) is 7.05. The van der Waals surface area contributed by atoms with Crippen molar-refractivity contribution in [3.05, 3.63) is 36.3 Å². The Morgan fingerprint density at radius 3 is 2.95 bits per heavy atom. The molecule has 2 amide bonds. The summed E-state index contributed by atoms with van der Waals surface area (Å²) in [7, 11) is 1.72. The molecule has 0 aliphatic carbocycles. The first-order valence-corrected chi connectivity index (χ1v) is 7.05. The zero-order valence-corrected chi connectivity index (χ0v) is 12.2. The topological polar surface area (TPSA) is 75.1 Å². The van der Waals surface area contributed by atoms with Gasteiger partial charge in [-0.25, -0.2) is 9.18 Å². The van der Waals surface area contributed by atoms with Gasteiger partial charge in [0, 0.05) is 26.2 Å². The summed E-state index contributed by atoms with van der Waals surface area (Å²) < 4.78 is 15.3. The van der Waals surface area contributed by atoms with Crippen LogP contribution in [0.1, 0.15) is 6.42 Å². The van der Waals surface area contributed by atoms with Gasteiger partial charge in [0.25, 0.3) is 0 Å². The van der Waals surface area contributed by atoms with E-state index in [1.807, 2.05) is 4.90 Å². The molecule has 22 heavy (non-hydrogen) atoms. The van der Waals surface area contributed by atoms with E-state index in [0.717, 1.165) is 6.42 Å². The predicted octanol–water partition coefficient (Wildman–Crippen LogP) is 1.35. The van der Waals surface area contributed by atoms with Crippen molar-refractivity contribution in [2.45, 2.75) is 12.5 Å². The van der Waals surface area contributed by atoms with Gasteiger partial charge in [0.1, 0.15) is 5.82 Å². The highest BCUT2D eigenvalue weighted by Crippen LogP contribution is 2.23. The first kappa shape index (κ1) is 14.3. The maximum atomic E-state index is 13.8. The van der Waals surface area contributed by atoms with E-state index >= 15 is 0 Å². The summed E-state index contributed by atoms with van der Waals surface area (Å²) in [5.41, 5.74) is 0.570. The number of benzene rings is 1. The molecule has 1 aromatic heterocycles. The maximum absolute atomic E-state index is 13.8. The van der Waals surface area contributed by atoms with Crippen molar-refractivity contribution in [3.8, 4) is 0 Å². The van der Waals surface area contributed by atoms with Gasteiger partial charge in [-0.1, -0.05) is 17.3 Å². The van der Waals surface area contributed by atoms with E-state index in [-0.39, 0.29) is 17.9 Å². The number of nitrogens with one attached hydrogen (secondary N) is 2. The molecule has 0 spiro atoms. The molecule has 1 saturated heterocycles. The molecule has 2 N–H and O–H groups in total. The average molecular weight is 304 g/mol. The Morgan fingerprint density at radius 1 is 1.41 bits per heavy atom. The summed E-state index contributed by atoms with van der Waals surface area (Å²) in [6.45, 7) is 1.28. The quantitative estimate of drug-likeness (QED) is 0.897. The van der Waals surface area contributed by atoms with E-state index in [2.05, 4.69) is 20.9 Å². The van der Waals surface area contributed by atoms with Crippen molar-refractivity contribution in [1.82, 2.24) is 20.3 Å². The van der Waals surface area contributed by atoms with E-state index in [0.29, 0.717) is 24.6 Å². The van der Waals surface area contributed by atoms with E-state index < -0.39 is 0 Å². The van der Waals surface area contributed by atoms with Crippen LogP contribution in [0, 0.1) is 5.82 Å². The van der Waals surface area contributed by atoms with Gasteiger partial charge < -0.3 is 10.2 Å². The molecule has 0 saturated carbocycles. The minimum Gasteiger partial charge on any atom is -0.367 e. The molecule has 1 fully saturated rings. The highest BCUT2D eigenvalue weighted by Gasteiger charge is 2.25. The van der Waals surface area contributed by atoms with Crippen molar-refractivity contribution in [2.24, 2.45) is 7.05 Å². The van der Waals surface area contributed by atoms with Gasteiger partial charge in [-0.15, -0.1) is 5.10 Å². The highest BCUT2D eigenvalue weighted by molar-refractivity contribution is 5.88. The van der Waals surface area contributed by atoms with Gasteiger partial charge in [-0.05, 0) is 18.6 Å². The van der Waals surface area contributed by atoms with Crippen LogP contribution in [0.25, 0.3) is 0 Å². The van der Waals surface area contributed by atoms with Crippen molar-refractivity contribution >= 4 is 17.5 Å². The monoisotopic (exact) mass is 304 g/mol. The number of aromatic nitrogens is 3. The van der Waals surface area contributed by atoms with Crippen LogP contribution in [0.5, 0.6) is 0 Å². The highest BCUT2D eigenvalue weighted by atomic mass is 19.1. The van der Waals surface area contributed by atoms with E-state index in [1.165, 1.54) is 10.7 Å². The number of carbonyl (C=O) groups is 1. The van der Waals surface area contributed by atoms with Crippen molar-refractivity contribution in [3.63, 3.8) is 0 Å². The summed E-state index contributed by atoms with van der Waals surface area (Å²) in [5, 5.41) is 13.0. The zero-order chi connectivity index (χ0) is 15.5. The summed E-state index contributed by atoms with van der Waals surface area (Å²) in [5.74, 6) is 0.149. The molecule has 1 aliphatic rings. The van der Waals surface area contributed by atoms with Gasteiger partial charge in [0.2, 0.25) is 0 Å². The van der Waals surface area contributed by atoms with E-state index in [9.17, 15) is 9.18 Å². The number of carbonyl (C=O) groups excluding carboxylic acids is 1.